The minimum Gasteiger partial charge on any atom is -0.481 e. The topological polar surface area (TPSA) is 83.6 Å². The molecule has 1 aromatic heterocycles. The van der Waals surface area contributed by atoms with Crippen LogP contribution in [0.15, 0.2) is 4.42 Å². The van der Waals surface area contributed by atoms with Gasteiger partial charge >= 0.3 is 5.97 Å². The van der Waals surface area contributed by atoms with Gasteiger partial charge in [0.2, 0.25) is 5.76 Å². The third kappa shape index (κ3) is 3.07. The van der Waals surface area contributed by atoms with Crippen LogP contribution in [-0.2, 0) is 4.79 Å². The number of hydrogen-bond acceptors (Lipinski definition) is 5. The molecule has 1 saturated heterocycles. The van der Waals surface area contributed by atoms with Gasteiger partial charge in [-0.25, -0.2) is 4.98 Å². The molecule has 1 unspecified atom stereocenters. The number of amides is 1. The standard InChI is InChI=1S/C14H18N2O4S/c1-8-12(20-13(15-8)9-2-3-9)14(19)16-4-5-21-7-10(16)6-11(17)18/h9-10H,2-7H2,1H3,(H,17,18). The van der Waals surface area contributed by atoms with E-state index < -0.39 is 5.97 Å². The minimum absolute atomic E-state index is 0.0264. The number of oxazole rings is 1. The molecule has 2 fully saturated rings. The minimum atomic E-state index is -0.881. The molecule has 2 heterocycles. The summed E-state index contributed by atoms with van der Waals surface area (Å²) in [5.41, 5.74) is 0.606. The quantitative estimate of drug-likeness (QED) is 0.914. The zero-order chi connectivity index (χ0) is 15.0. The maximum atomic E-state index is 12.7. The fourth-order valence-electron chi connectivity index (χ4n) is 2.54. The normalized spacial score (nSPS) is 22.3. The van der Waals surface area contributed by atoms with E-state index in [1.165, 1.54) is 0 Å². The Hall–Kier alpha value is -1.50. The molecule has 3 rings (SSSR count). The molecule has 1 aliphatic heterocycles. The van der Waals surface area contributed by atoms with Gasteiger partial charge in [0.1, 0.15) is 0 Å². The molecule has 0 spiro atoms. The summed E-state index contributed by atoms with van der Waals surface area (Å²) in [6.45, 7) is 2.33. The lowest BCUT2D eigenvalue weighted by Crippen LogP contribution is -2.47. The Morgan fingerprint density at radius 1 is 1.48 bits per heavy atom. The van der Waals surface area contributed by atoms with Crippen molar-refractivity contribution >= 4 is 23.6 Å². The van der Waals surface area contributed by atoms with E-state index >= 15 is 0 Å². The predicted octanol–water partition coefficient (Wildman–Crippen LogP) is 1.89. The van der Waals surface area contributed by atoms with Gasteiger partial charge in [-0.1, -0.05) is 0 Å². The van der Waals surface area contributed by atoms with Crippen LogP contribution in [0.4, 0.5) is 0 Å². The van der Waals surface area contributed by atoms with Gasteiger partial charge in [-0.05, 0) is 19.8 Å². The van der Waals surface area contributed by atoms with Gasteiger partial charge in [0, 0.05) is 24.0 Å². The van der Waals surface area contributed by atoms with E-state index in [0.29, 0.717) is 29.8 Å². The average Bonchev–Trinajstić information content (AvgIpc) is 3.21. The second-order valence-corrected chi connectivity index (χ2v) is 6.72. The van der Waals surface area contributed by atoms with E-state index in [1.807, 2.05) is 0 Å². The number of aromatic nitrogens is 1. The Labute approximate surface area is 126 Å². The molecule has 1 amide bonds. The fraction of sp³-hybridized carbons (Fsp3) is 0.643. The van der Waals surface area contributed by atoms with Crippen molar-refractivity contribution in [1.29, 1.82) is 0 Å². The first kappa shape index (κ1) is 14.4. The highest BCUT2D eigenvalue weighted by atomic mass is 32.2. The van der Waals surface area contributed by atoms with Crippen LogP contribution in [0.1, 0.15) is 47.3 Å². The Bertz CT molecular complexity index is 567. The van der Waals surface area contributed by atoms with E-state index in [0.717, 1.165) is 18.6 Å². The summed E-state index contributed by atoms with van der Waals surface area (Å²) in [7, 11) is 0. The molecule has 1 atom stereocenters. The molecule has 6 nitrogen and oxygen atoms in total. The van der Waals surface area contributed by atoms with Crippen LogP contribution in [-0.4, -0.2) is 51.0 Å². The molecule has 7 heteroatoms. The Morgan fingerprint density at radius 2 is 2.24 bits per heavy atom. The number of thioether (sulfide) groups is 1. The molecular weight excluding hydrogens is 292 g/mol. The van der Waals surface area contributed by atoms with Crippen molar-refractivity contribution in [2.75, 3.05) is 18.1 Å². The lowest BCUT2D eigenvalue weighted by molar-refractivity contribution is -0.138. The van der Waals surface area contributed by atoms with Crippen LogP contribution in [0.5, 0.6) is 0 Å². The zero-order valence-corrected chi connectivity index (χ0v) is 12.7. The molecule has 114 valence electrons. The van der Waals surface area contributed by atoms with E-state index in [4.69, 9.17) is 9.52 Å². The maximum Gasteiger partial charge on any atom is 0.305 e. The third-order valence-corrected chi connectivity index (χ3v) is 4.92. The third-order valence-electron chi connectivity index (χ3n) is 3.83. The lowest BCUT2D eigenvalue weighted by Gasteiger charge is -2.34. The summed E-state index contributed by atoms with van der Waals surface area (Å²) in [5, 5.41) is 8.99. The number of carbonyl (C=O) groups is 2. The summed E-state index contributed by atoms with van der Waals surface area (Å²) in [5.74, 6) is 1.66. The summed E-state index contributed by atoms with van der Waals surface area (Å²) < 4.78 is 5.65. The second kappa shape index (κ2) is 5.71. The highest BCUT2D eigenvalue weighted by Gasteiger charge is 2.35. The number of carbonyl (C=O) groups excluding carboxylic acids is 1. The van der Waals surface area contributed by atoms with Crippen LogP contribution in [0.3, 0.4) is 0 Å². The van der Waals surface area contributed by atoms with Gasteiger partial charge in [-0.2, -0.15) is 11.8 Å². The smallest absolute Gasteiger partial charge is 0.305 e. The predicted molar refractivity (Wildman–Crippen MR) is 77.6 cm³/mol. The van der Waals surface area contributed by atoms with Crippen LogP contribution in [0, 0.1) is 6.92 Å². The Balaban J connectivity index is 1.80. The highest BCUT2D eigenvalue weighted by Crippen LogP contribution is 2.40. The maximum absolute atomic E-state index is 12.7. The van der Waals surface area contributed by atoms with Crippen LogP contribution >= 0.6 is 11.8 Å². The largest absolute Gasteiger partial charge is 0.481 e. The van der Waals surface area contributed by atoms with Crippen molar-refractivity contribution in [3.8, 4) is 0 Å². The SMILES string of the molecule is Cc1nc(C2CC2)oc1C(=O)N1CCSCC1CC(=O)O. The summed E-state index contributed by atoms with van der Waals surface area (Å²) in [6, 6.07) is -0.275. The number of rotatable bonds is 4. The molecule has 21 heavy (non-hydrogen) atoms. The van der Waals surface area contributed by atoms with E-state index in [1.54, 1.807) is 23.6 Å². The van der Waals surface area contributed by atoms with E-state index in [2.05, 4.69) is 4.98 Å². The lowest BCUT2D eigenvalue weighted by atomic mass is 10.1. The Kier molecular flexibility index (Phi) is 3.93. The molecule has 0 aromatic carbocycles. The molecular formula is C14H18N2O4S. The monoisotopic (exact) mass is 310 g/mol. The Morgan fingerprint density at radius 3 is 2.90 bits per heavy atom. The average molecular weight is 310 g/mol. The summed E-state index contributed by atoms with van der Waals surface area (Å²) in [4.78, 5) is 29.6. The van der Waals surface area contributed by atoms with Crippen LogP contribution < -0.4 is 0 Å². The zero-order valence-electron chi connectivity index (χ0n) is 11.9. The van der Waals surface area contributed by atoms with Gasteiger partial charge in [-0.3, -0.25) is 9.59 Å². The van der Waals surface area contributed by atoms with Gasteiger partial charge in [0.05, 0.1) is 18.2 Å². The van der Waals surface area contributed by atoms with Gasteiger partial charge < -0.3 is 14.4 Å². The van der Waals surface area contributed by atoms with Crippen molar-refractivity contribution in [2.24, 2.45) is 0 Å². The molecule has 1 aliphatic carbocycles. The van der Waals surface area contributed by atoms with Crippen LogP contribution in [0.2, 0.25) is 0 Å². The van der Waals surface area contributed by atoms with Gasteiger partial charge in [-0.15, -0.1) is 0 Å². The van der Waals surface area contributed by atoms with Crippen molar-refractivity contribution in [3.05, 3.63) is 17.3 Å². The van der Waals surface area contributed by atoms with Gasteiger partial charge in [0.25, 0.3) is 5.91 Å². The molecule has 2 aliphatic rings. The first-order valence-corrected chi connectivity index (χ1v) is 8.29. The second-order valence-electron chi connectivity index (χ2n) is 5.57. The van der Waals surface area contributed by atoms with E-state index in [-0.39, 0.29) is 24.1 Å². The summed E-state index contributed by atoms with van der Waals surface area (Å²) >= 11 is 1.68. The first-order valence-electron chi connectivity index (χ1n) is 7.14. The number of nitrogens with zero attached hydrogens (tertiary/aromatic N) is 2. The van der Waals surface area contributed by atoms with E-state index in [9.17, 15) is 9.59 Å². The molecule has 1 saturated carbocycles. The van der Waals surface area contributed by atoms with Crippen molar-refractivity contribution in [1.82, 2.24) is 9.88 Å². The van der Waals surface area contributed by atoms with Crippen molar-refractivity contribution in [2.45, 2.75) is 38.1 Å². The number of carboxylic acids is 1. The number of aliphatic carboxylic acids is 1. The van der Waals surface area contributed by atoms with Crippen molar-refractivity contribution in [3.63, 3.8) is 0 Å². The molecule has 1 aromatic rings. The highest BCUT2D eigenvalue weighted by molar-refractivity contribution is 7.99. The van der Waals surface area contributed by atoms with Gasteiger partial charge in [0.15, 0.2) is 5.89 Å². The molecule has 0 bridgehead atoms. The molecule has 0 radical (unpaired) electrons. The van der Waals surface area contributed by atoms with Crippen molar-refractivity contribution < 1.29 is 19.1 Å². The number of hydrogen-bond donors (Lipinski definition) is 1. The number of carboxylic acid groups (broad SMARTS) is 1. The fourth-order valence-corrected chi connectivity index (χ4v) is 3.61. The van der Waals surface area contributed by atoms with Crippen LogP contribution in [0.25, 0.3) is 0 Å². The first-order chi connectivity index (χ1) is 10.1. The molecule has 1 N–H and O–H groups in total. The number of aryl methyl sites for hydroxylation is 1. The summed E-state index contributed by atoms with van der Waals surface area (Å²) in [6.07, 6.45) is 2.10.